The molecule has 2 aromatic rings. The van der Waals surface area contributed by atoms with Crippen molar-refractivity contribution in [3.05, 3.63) is 54.1 Å². The zero-order chi connectivity index (χ0) is 22.6. The highest BCUT2D eigenvalue weighted by atomic mass is 28.3. The Kier molecular flexibility index (Phi) is 7.81. The summed E-state index contributed by atoms with van der Waals surface area (Å²) in [7, 11) is -1.00. The molecule has 2 fully saturated rings. The maximum Gasteiger partial charge on any atom is 0.115 e. The lowest BCUT2D eigenvalue weighted by Crippen LogP contribution is -2.36. The van der Waals surface area contributed by atoms with E-state index in [9.17, 15) is 5.11 Å². The van der Waals surface area contributed by atoms with Gasteiger partial charge < -0.3 is 5.11 Å². The lowest BCUT2D eigenvalue weighted by molar-refractivity contribution is 0.184. The highest BCUT2D eigenvalue weighted by molar-refractivity contribution is 6.78. The van der Waals surface area contributed by atoms with E-state index in [1.165, 1.54) is 80.9 Å². The van der Waals surface area contributed by atoms with E-state index in [4.69, 9.17) is 0 Å². The second-order valence-corrected chi connectivity index (χ2v) is 16.8. The molecule has 2 heteroatoms. The zero-order valence-corrected chi connectivity index (χ0v) is 21.7. The number of rotatable bonds is 7. The summed E-state index contributed by atoms with van der Waals surface area (Å²) in [6, 6.07) is 18.3. The molecule has 2 aliphatic carbocycles. The first kappa shape index (κ1) is 23.6. The molecule has 0 heterocycles. The Morgan fingerprint density at radius 1 is 0.719 bits per heavy atom. The fourth-order valence-corrected chi connectivity index (χ4v) is 10.3. The molecule has 2 aromatic carbocycles. The molecule has 0 spiro atoms. The summed E-state index contributed by atoms with van der Waals surface area (Å²) in [6.07, 6.45) is 14.6. The van der Waals surface area contributed by atoms with Gasteiger partial charge in [-0.1, -0.05) is 101 Å². The van der Waals surface area contributed by atoms with E-state index in [0.29, 0.717) is 5.75 Å². The summed E-state index contributed by atoms with van der Waals surface area (Å²) in [5, 5.41) is 9.51. The van der Waals surface area contributed by atoms with Crippen LogP contribution in [0.4, 0.5) is 0 Å². The number of hydrogen-bond donors (Lipinski definition) is 1. The summed E-state index contributed by atoms with van der Waals surface area (Å²) in [4.78, 5) is 0. The van der Waals surface area contributed by atoms with Gasteiger partial charge in [0.15, 0.2) is 0 Å². The first-order chi connectivity index (χ1) is 15.5. The number of benzene rings is 2. The Bertz CT molecular complexity index is 822. The predicted octanol–water partition coefficient (Wildman–Crippen LogP) is 9.40. The maximum absolute atomic E-state index is 9.51. The van der Waals surface area contributed by atoms with Gasteiger partial charge in [-0.3, -0.25) is 0 Å². The molecule has 1 nitrogen and oxygen atoms in total. The van der Waals surface area contributed by atoms with Crippen molar-refractivity contribution in [3.63, 3.8) is 0 Å². The smallest absolute Gasteiger partial charge is 0.115 e. The van der Waals surface area contributed by atoms with Gasteiger partial charge in [0.25, 0.3) is 0 Å². The number of aromatic hydroxyl groups is 1. The summed E-state index contributed by atoms with van der Waals surface area (Å²) in [5.74, 6) is 3.08. The number of phenolic OH excluding ortho intramolecular Hbond substituents is 1. The molecule has 0 saturated heterocycles. The monoisotopic (exact) mass is 448 g/mol. The van der Waals surface area contributed by atoms with E-state index >= 15 is 0 Å². The van der Waals surface area contributed by atoms with Gasteiger partial charge in [-0.25, -0.2) is 0 Å². The average molecular weight is 449 g/mol. The first-order valence-corrected chi connectivity index (χ1v) is 16.6. The van der Waals surface area contributed by atoms with Gasteiger partial charge in [-0.2, -0.15) is 0 Å². The molecule has 0 aliphatic heterocycles. The summed E-state index contributed by atoms with van der Waals surface area (Å²) < 4.78 is 0. The van der Waals surface area contributed by atoms with E-state index in [2.05, 4.69) is 44.3 Å². The maximum atomic E-state index is 9.51. The topological polar surface area (TPSA) is 20.2 Å². The summed E-state index contributed by atoms with van der Waals surface area (Å²) in [6.45, 7) is 7.69. The Balaban J connectivity index is 1.26. The number of unbranched alkanes of at least 4 members (excludes halogenated alkanes) is 1. The van der Waals surface area contributed by atoms with Crippen LogP contribution in [0.3, 0.4) is 0 Å². The van der Waals surface area contributed by atoms with Crippen molar-refractivity contribution in [3.8, 4) is 16.9 Å². The Morgan fingerprint density at radius 3 is 1.75 bits per heavy atom. The van der Waals surface area contributed by atoms with E-state index in [1.54, 1.807) is 18.2 Å². The molecule has 32 heavy (non-hydrogen) atoms. The third kappa shape index (κ3) is 5.68. The van der Waals surface area contributed by atoms with Crippen LogP contribution in [-0.4, -0.2) is 13.2 Å². The molecular weight excluding hydrogens is 404 g/mol. The molecule has 4 rings (SSSR count). The van der Waals surface area contributed by atoms with Gasteiger partial charge in [0, 0.05) is 0 Å². The van der Waals surface area contributed by atoms with Crippen molar-refractivity contribution in [2.45, 2.75) is 102 Å². The van der Waals surface area contributed by atoms with Crippen LogP contribution in [0.15, 0.2) is 48.5 Å². The molecule has 174 valence electrons. The standard InChI is InChI=1S/C30H44OSi/c1-4-5-22-32(2,3)30-20-16-28(17-21-30)26-12-8-24(9-13-26)23-6-10-25(11-7-23)27-14-18-29(31)19-15-27/h6-7,10-11,14-15,18-19,24,26,28,30-31H,4-5,8-9,12-13,16-17,20-22H2,1-3H3. The van der Waals surface area contributed by atoms with Crippen molar-refractivity contribution in [1.29, 1.82) is 0 Å². The average Bonchev–Trinajstić information content (AvgIpc) is 2.84. The molecule has 0 radical (unpaired) electrons. The molecule has 0 bridgehead atoms. The van der Waals surface area contributed by atoms with Gasteiger partial charge in [-0.05, 0) is 77.8 Å². The van der Waals surface area contributed by atoms with Crippen molar-refractivity contribution in [1.82, 2.24) is 0 Å². The molecule has 2 saturated carbocycles. The second-order valence-electron chi connectivity index (χ2n) is 11.5. The quantitative estimate of drug-likeness (QED) is 0.418. The summed E-state index contributed by atoms with van der Waals surface area (Å²) >= 11 is 0. The fraction of sp³-hybridized carbons (Fsp3) is 0.600. The lowest BCUT2D eigenvalue weighted by Gasteiger charge is -2.42. The normalized spacial score (nSPS) is 26.7. The van der Waals surface area contributed by atoms with E-state index in [1.807, 2.05) is 12.1 Å². The van der Waals surface area contributed by atoms with Crippen LogP contribution in [0, 0.1) is 11.8 Å². The number of hydrogen-bond acceptors (Lipinski definition) is 1. The van der Waals surface area contributed by atoms with Crippen molar-refractivity contribution in [2.75, 3.05) is 0 Å². The van der Waals surface area contributed by atoms with E-state index < -0.39 is 8.07 Å². The molecular formula is C30H44OSi. The second kappa shape index (κ2) is 10.6. The molecule has 0 unspecified atom stereocenters. The van der Waals surface area contributed by atoms with Crippen molar-refractivity contribution < 1.29 is 5.11 Å². The van der Waals surface area contributed by atoms with Crippen LogP contribution in [-0.2, 0) is 0 Å². The highest BCUT2D eigenvalue weighted by Crippen LogP contribution is 2.48. The highest BCUT2D eigenvalue weighted by Gasteiger charge is 2.37. The molecule has 0 atom stereocenters. The minimum Gasteiger partial charge on any atom is -0.508 e. The SMILES string of the molecule is CCCC[Si](C)(C)C1CCC(C2CCC(c3ccc(-c4ccc(O)cc4)cc3)CC2)CC1. The van der Waals surface area contributed by atoms with E-state index in [0.717, 1.165) is 23.3 Å². The molecule has 2 aliphatic rings. The molecule has 0 aromatic heterocycles. The Hall–Kier alpha value is -1.54. The Morgan fingerprint density at radius 2 is 1.22 bits per heavy atom. The van der Waals surface area contributed by atoms with Crippen LogP contribution in [0.25, 0.3) is 11.1 Å². The van der Waals surface area contributed by atoms with Crippen LogP contribution in [0.2, 0.25) is 24.7 Å². The zero-order valence-electron chi connectivity index (χ0n) is 20.7. The minimum absolute atomic E-state index is 0.331. The predicted molar refractivity (Wildman–Crippen MR) is 141 cm³/mol. The van der Waals surface area contributed by atoms with Gasteiger partial charge in [-0.15, -0.1) is 0 Å². The number of phenols is 1. The van der Waals surface area contributed by atoms with Crippen LogP contribution in [0.1, 0.15) is 82.6 Å². The van der Waals surface area contributed by atoms with Gasteiger partial charge >= 0.3 is 0 Å². The van der Waals surface area contributed by atoms with Gasteiger partial charge in [0.2, 0.25) is 0 Å². The minimum atomic E-state index is -1.00. The lowest BCUT2D eigenvalue weighted by atomic mass is 9.70. The molecule has 0 amide bonds. The van der Waals surface area contributed by atoms with Gasteiger partial charge in [0.05, 0.1) is 8.07 Å². The largest absolute Gasteiger partial charge is 0.508 e. The first-order valence-electron chi connectivity index (χ1n) is 13.4. The third-order valence-electron chi connectivity index (χ3n) is 9.07. The Labute approximate surface area is 197 Å². The molecule has 1 N–H and O–H groups in total. The van der Waals surface area contributed by atoms with E-state index in [-0.39, 0.29) is 0 Å². The van der Waals surface area contributed by atoms with Crippen LogP contribution >= 0.6 is 0 Å². The fourth-order valence-electron chi connectivity index (χ4n) is 6.73. The van der Waals surface area contributed by atoms with Crippen LogP contribution < -0.4 is 0 Å². The third-order valence-corrected chi connectivity index (χ3v) is 13.5. The van der Waals surface area contributed by atoms with Crippen LogP contribution in [0.5, 0.6) is 5.75 Å². The van der Waals surface area contributed by atoms with Crippen molar-refractivity contribution in [2.24, 2.45) is 11.8 Å². The van der Waals surface area contributed by atoms with Crippen molar-refractivity contribution >= 4 is 8.07 Å². The van der Waals surface area contributed by atoms with Gasteiger partial charge in [0.1, 0.15) is 5.75 Å². The summed E-state index contributed by atoms with van der Waals surface area (Å²) in [5.41, 5.74) is 5.03.